The van der Waals surface area contributed by atoms with E-state index in [4.69, 9.17) is 5.73 Å². The van der Waals surface area contributed by atoms with Gasteiger partial charge in [-0.2, -0.15) is 0 Å². The quantitative estimate of drug-likeness (QED) is 0.673. The van der Waals surface area contributed by atoms with Crippen molar-refractivity contribution in [2.45, 2.75) is 51.1 Å². The summed E-state index contributed by atoms with van der Waals surface area (Å²) in [4.78, 5) is 0. The van der Waals surface area contributed by atoms with Crippen LogP contribution in [0.5, 0.6) is 0 Å². The monoisotopic (exact) mass is 170 g/mol. The number of likely N-dealkylation sites (N-methyl/N-ethyl adjacent to an activating group) is 1. The lowest BCUT2D eigenvalue weighted by Crippen LogP contribution is -2.46. The fraction of sp³-hybridized carbons (Fsp3) is 1.00. The van der Waals surface area contributed by atoms with Gasteiger partial charge >= 0.3 is 0 Å². The van der Waals surface area contributed by atoms with Crippen molar-refractivity contribution in [1.82, 2.24) is 5.32 Å². The Morgan fingerprint density at radius 2 is 1.83 bits per heavy atom. The van der Waals surface area contributed by atoms with Gasteiger partial charge in [0.2, 0.25) is 0 Å². The van der Waals surface area contributed by atoms with E-state index in [1.807, 2.05) is 7.05 Å². The first-order valence-corrected chi connectivity index (χ1v) is 5.18. The lowest BCUT2D eigenvalue weighted by atomic mass is 9.82. The number of nitrogens with one attached hydrogen (secondary N) is 1. The summed E-state index contributed by atoms with van der Waals surface area (Å²) in [7, 11) is 1.99. The maximum absolute atomic E-state index is 6.14. The molecule has 0 bridgehead atoms. The second-order valence-electron chi connectivity index (χ2n) is 4.05. The summed E-state index contributed by atoms with van der Waals surface area (Å²) in [6.07, 6.45) is 6.86. The van der Waals surface area contributed by atoms with Gasteiger partial charge in [-0.1, -0.05) is 19.3 Å². The minimum Gasteiger partial charge on any atom is -0.326 e. The van der Waals surface area contributed by atoms with Gasteiger partial charge in [0, 0.05) is 12.1 Å². The molecule has 1 aliphatic rings. The van der Waals surface area contributed by atoms with Crippen LogP contribution in [0.1, 0.15) is 39.0 Å². The number of hydrogen-bond acceptors (Lipinski definition) is 2. The van der Waals surface area contributed by atoms with Gasteiger partial charge in [-0.3, -0.25) is 0 Å². The highest BCUT2D eigenvalue weighted by Crippen LogP contribution is 2.26. The summed E-state index contributed by atoms with van der Waals surface area (Å²) in [6, 6.07) is 0.823. The minimum absolute atomic E-state index is 0.357. The lowest BCUT2D eigenvalue weighted by Gasteiger charge is -2.31. The fourth-order valence-electron chi connectivity index (χ4n) is 2.12. The molecule has 0 saturated heterocycles. The maximum Gasteiger partial charge on any atom is 0.0220 e. The molecule has 0 aromatic heterocycles. The van der Waals surface area contributed by atoms with E-state index in [0.29, 0.717) is 12.1 Å². The van der Waals surface area contributed by atoms with E-state index >= 15 is 0 Å². The summed E-state index contributed by atoms with van der Waals surface area (Å²) < 4.78 is 0. The Morgan fingerprint density at radius 1 is 1.25 bits per heavy atom. The first kappa shape index (κ1) is 10.0. The molecule has 1 aliphatic carbocycles. The topological polar surface area (TPSA) is 38.0 Å². The molecule has 2 atom stereocenters. The Labute approximate surface area is 75.9 Å². The normalized spacial score (nSPS) is 25.2. The Morgan fingerprint density at radius 3 is 2.33 bits per heavy atom. The first-order chi connectivity index (χ1) is 5.75. The molecule has 2 unspecified atom stereocenters. The smallest absolute Gasteiger partial charge is 0.0220 e. The average Bonchev–Trinajstić information content (AvgIpc) is 2.17. The Bertz CT molecular complexity index is 119. The SMILES string of the molecule is CNC(C)C(N)C1CCCCC1. The van der Waals surface area contributed by atoms with E-state index in [2.05, 4.69) is 12.2 Å². The van der Waals surface area contributed by atoms with Gasteiger partial charge in [0.1, 0.15) is 0 Å². The van der Waals surface area contributed by atoms with Crippen LogP contribution in [0.3, 0.4) is 0 Å². The van der Waals surface area contributed by atoms with Crippen LogP contribution < -0.4 is 11.1 Å². The van der Waals surface area contributed by atoms with Crippen LogP contribution in [0.15, 0.2) is 0 Å². The van der Waals surface area contributed by atoms with E-state index in [-0.39, 0.29) is 0 Å². The van der Waals surface area contributed by atoms with Gasteiger partial charge < -0.3 is 11.1 Å². The molecule has 0 amide bonds. The molecule has 0 aliphatic heterocycles. The van der Waals surface area contributed by atoms with E-state index in [9.17, 15) is 0 Å². The van der Waals surface area contributed by atoms with Crippen molar-refractivity contribution < 1.29 is 0 Å². The standard InChI is InChI=1S/C10H22N2/c1-8(12-2)10(11)9-6-4-3-5-7-9/h8-10,12H,3-7,11H2,1-2H3. The molecule has 2 heteroatoms. The zero-order chi connectivity index (χ0) is 8.97. The Balaban J connectivity index is 2.33. The molecule has 0 heterocycles. The molecule has 72 valence electrons. The third-order valence-electron chi connectivity index (χ3n) is 3.23. The molecule has 1 fully saturated rings. The predicted molar refractivity (Wildman–Crippen MR) is 53.1 cm³/mol. The van der Waals surface area contributed by atoms with Crippen molar-refractivity contribution in [2.24, 2.45) is 11.7 Å². The average molecular weight is 170 g/mol. The second-order valence-corrected chi connectivity index (χ2v) is 4.05. The molecule has 1 saturated carbocycles. The summed E-state index contributed by atoms with van der Waals surface area (Å²) >= 11 is 0. The van der Waals surface area contributed by atoms with Crippen molar-refractivity contribution in [2.75, 3.05) is 7.05 Å². The van der Waals surface area contributed by atoms with Crippen LogP contribution in [0.25, 0.3) is 0 Å². The largest absolute Gasteiger partial charge is 0.326 e. The van der Waals surface area contributed by atoms with Crippen molar-refractivity contribution in [1.29, 1.82) is 0 Å². The summed E-state index contributed by atoms with van der Waals surface area (Å²) in [5.74, 6) is 0.765. The van der Waals surface area contributed by atoms with Gasteiger partial charge in [0.15, 0.2) is 0 Å². The summed E-state index contributed by atoms with van der Waals surface area (Å²) in [6.45, 7) is 2.18. The van der Waals surface area contributed by atoms with Crippen LogP contribution in [0, 0.1) is 5.92 Å². The number of hydrogen-bond donors (Lipinski definition) is 2. The van der Waals surface area contributed by atoms with Crippen molar-refractivity contribution >= 4 is 0 Å². The van der Waals surface area contributed by atoms with Crippen molar-refractivity contribution in [3.63, 3.8) is 0 Å². The highest BCUT2D eigenvalue weighted by Gasteiger charge is 2.23. The van der Waals surface area contributed by atoms with E-state index in [0.717, 1.165) is 5.92 Å². The van der Waals surface area contributed by atoms with Crippen LogP contribution in [0.2, 0.25) is 0 Å². The van der Waals surface area contributed by atoms with Crippen LogP contribution in [0.4, 0.5) is 0 Å². The van der Waals surface area contributed by atoms with E-state index in [1.54, 1.807) is 0 Å². The highest BCUT2D eigenvalue weighted by atomic mass is 14.9. The fourth-order valence-corrected chi connectivity index (χ4v) is 2.12. The zero-order valence-corrected chi connectivity index (χ0v) is 8.34. The third-order valence-corrected chi connectivity index (χ3v) is 3.23. The molecule has 0 aromatic rings. The van der Waals surface area contributed by atoms with Crippen LogP contribution in [-0.4, -0.2) is 19.1 Å². The van der Waals surface area contributed by atoms with E-state index < -0.39 is 0 Å². The zero-order valence-electron chi connectivity index (χ0n) is 8.34. The molecule has 2 nitrogen and oxygen atoms in total. The molecule has 0 aromatic carbocycles. The van der Waals surface area contributed by atoms with Gasteiger partial charge in [0.25, 0.3) is 0 Å². The molecular weight excluding hydrogens is 148 g/mol. The molecular formula is C10H22N2. The Hall–Kier alpha value is -0.0800. The highest BCUT2D eigenvalue weighted by molar-refractivity contribution is 4.83. The predicted octanol–water partition coefficient (Wildman–Crippen LogP) is 1.50. The molecule has 12 heavy (non-hydrogen) atoms. The second kappa shape index (κ2) is 4.83. The van der Waals surface area contributed by atoms with Crippen LogP contribution in [-0.2, 0) is 0 Å². The summed E-state index contributed by atoms with van der Waals surface area (Å²) in [5.41, 5.74) is 6.14. The Kier molecular flexibility index (Phi) is 4.02. The molecule has 1 rings (SSSR count). The van der Waals surface area contributed by atoms with Crippen LogP contribution >= 0.6 is 0 Å². The number of rotatable bonds is 3. The van der Waals surface area contributed by atoms with Crippen molar-refractivity contribution in [3.8, 4) is 0 Å². The van der Waals surface area contributed by atoms with Gasteiger partial charge in [-0.05, 0) is 32.7 Å². The van der Waals surface area contributed by atoms with Gasteiger partial charge in [0.05, 0.1) is 0 Å². The minimum atomic E-state index is 0.357. The van der Waals surface area contributed by atoms with Gasteiger partial charge in [-0.15, -0.1) is 0 Å². The van der Waals surface area contributed by atoms with Crippen molar-refractivity contribution in [3.05, 3.63) is 0 Å². The van der Waals surface area contributed by atoms with E-state index in [1.165, 1.54) is 32.1 Å². The lowest BCUT2D eigenvalue weighted by molar-refractivity contribution is 0.270. The maximum atomic E-state index is 6.14. The number of nitrogens with two attached hydrogens (primary N) is 1. The summed E-state index contributed by atoms with van der Waals surface area (Å²) in [5, 5.41) is 3.24. The first-order valence-electron chi connectivity index (χ1n) is 5.18. The molecule has 3 N–H and O–H groups in total. The molecule has 0 radical (unpaired) electrons. The molecule has 0 spiro atoms. The van der Waals surface area contributed by atoms with Gasteiger partial charge in [-0.25, -0.2) is 0 Å². The third kappa shape index (κ3) is 2.46.